The Balaban J connectivity index is 0.00000420. The van der Waals surface area contributed by atoms with Crippen molar-refractivity contribution in [2.24, 2.45) is 4.99 Å². The average molecular weight is 518 g/mol. The standard InChI is InChI=1S/C22H38N4O2.HI/c1-5-26-12-8-7-9-20(26)17-25-22(23-4)24-16-19-11-10-18(3)15-21(19)28-14-13-27-6-2;/h10-11,15,20H,5-9,12-14,16-17H2,1-4H3,(H2,23,24,25);1H. The number of likely N-dealkylation sites (tertiary alicyclic amines) is 1. The van der Waals surface area contributed by atoms with Crippen molar-refractivity contribution in [3.05, 3.63) is 29.3 Å². The van der Waals surface area contributed by atoms with Crippen LogP contribution in [0, 0.1) is 6.92 Å². The van der Waals surface area contributed by atoms with E-state index in [-0.39, 0.29) is 24.0 Å². The second kappa shape index (κ2) is 14.8. The summed E-state index contributed by atoms with van der Waals surface area (Å²) in [7, 11) is 1.82. The fraction of sp³-hybridized carbons (Fsp3) is 0.682. The average Bonchev–Trinajstić information content (AvgIpc) is 2.72. The van der Waals surface area contributed by atoms with E-state index in [1.165, 1.54) is 31.4 Å². The van der Waals surface area contributed by atoms with Gasteiger partial charge in [-0.15, -0.1) is 24.0 Å². The van der Waals surface area contributed by atoms with E-state index in [9.17, 15) is 0 Å². The molecule has 1 saturated heterocycles. The maximum atomic E-state index is 5.94. The highest BCUT2D eigenvalue weighted by Gasteiger charge is 2.20. The van der Waals surface area contributed by atoms with E-state index >= 15 is 0 Å². The Labute approximate surface area is 193 Å². The number of hydrogen-bond acceptors (Lipinski definition) is 4. The molecule has 0 radical (unpaired) electrons. The smallest absolute Gasteiger partial charge is 0.191 e. The summed E-state index contributed by atoms with van der Waals surface area (Å²) in [5.74, 6) is 1.74. The van der Waals surface area contributed by atoms with Crippen LogP contribution in [0.25, 0.3) is 0 Å². The van der Waals surface area contributed by atoms with E-state index in [4.69, 9.17) is 9.47 Å². The van der Waals surface area contributed by atoms with Crippen LogP contribution in [0.5, 0.6) is 5.75 Å². The number of nitrogens with one attached hydrogen (secondary N) is 2. The highest BCUT2D eigenvalue weighted by molar-refractivity contribution is 14.0. The van der Waals surface area contributed by atoms with Gasteiger partial charge in [0.25, 0.3) is 0 Å². The third-order valence-electron chi connectivity index (χ3n) is 5.24. The number of nitrogens with zero attached hydrogens (tertiary/aromatic N) is 2. The fourth-order valence-corrected chi connectivity index (χ4v) is 3.62. The summed E-state index contributed by atoms with van der Waals surface area (Å²) < 4.78 is 11.3. The van der Waals surface area contributed by atoms with Crippen molar-refractivity contribution >= 4 is 29.9 Å². The number of aryl methyl sites for hydroxylation is 1. The lowest BCUT2D eigenvalue weighted by Gasteiger charge is -2.35. The molecule has 0 spiro atoms. The Morgan fingerprint density at radius 3 is 2.76 bits per heavy atom. The summed E-state index contributed by atoms with van der Waals surface area (Å²) in [5.41, 5.74) is 2.31. The van der Waals surface area contributed by atoms with Crippen LogP contribution in [0.1, 0.15) is 44.2 Å². The minimum Gasteiger partial charge on any atom is -0.491 e. The van der Waals surface area contributed by atoms with Gasteiger partial charge in [0.1, 0.15) is 12.4 Å². The van der Waals surface area contributed by atoms with E-state index in [0.29, 0.717) is 32.4 Å². The van der Waals surface area contributed by atoms with Gasteiger partial charge in [-0.05, 0) is 51.4 Å². The highest BCUT2D eigenvalue weighted by Crippen LogP contribution is 2.20. The molecule has 0 saturated carbocycles. The summed E-state index contributed by atoms with van der Waals surface area (Å²) in [6.07, 6.45) is 3.89. The number of rotatable bonds is 10. The van der Waals surface area contributed by atoms with Crippen LogP contribution < -0.4 is 15.4 Å². The van der Waals surface area contributed by atoms with Gasteiger partial charge in [0.05, 0.1) is 6.61 Å². The molecule has 2 N–H and O–H groups in total. The van der Waals surface area contributed by atoms with Gasteiger partial charge in [-0.1, -0.05) is 25.5 Å². The lowest BCUT2D eigenvalue weighted by Crippen LogP contribution is -2.48. The second-order valence-corrected chi connectivity index (χ2v) is 7.24. The summed E-state index contributed by atoms with van der Waals surface area (Å²) in [5, 5.41) is 6.93. The van der Waals surface area contributed by atoms with Crippen molar-refractivity contribution < 1.29 is 9.47 Å². The molecule has 1 fully saturated rings. The Kier molecular flexibility index (Phi) is 13.3. The number of hydrogen-bond donors (Lipinski definition) is 2. The fourth-order valence-electron chi connectivity index (χ4n) is 3.62. The topological polar surface area (TPSA) is 58.1 Å². The molecule has 1 unspecified atom stereocenters. The van der Waals surface area contributed by atoms with Crippen LogP contribution in [-0.4, -0.2) is 63.4 Å². The Morgan fingerprint density at radius 1 is 1.21 bits per heavy atom. The van der Waals surface area contributed by atoms with Gasteiger partial charge in [-0.2, -0.15) is 0 Å². The molecule has 1 atom stereocenters. The van der Waals surface area contributed by atoms with Crippen molar-refractivity contribution in [2.75, 3.05) is 46.5 Å². The largest absolute Gasteiger partial charge is 0.491 e. The predicted octanol–water partition coefficient (Wildman–Crippen LogP) is 3.57. The number of benzene rings is 1. The molecule has 0 aliphatic carbocycles. The number of ether oxygens (including phenoxy) is 2. The molecule has 1 aromatic carbocycles. The molecule has 7 heteroatoms. The number of guanidine groups is 1. The molecule has 1 heterocycles. The normalized spacial score (nSPS) is 17.5. The molecule has 0 amide bonds. The summed E-state index contributed by atoms with van der Waals surface area (Å²) in [6, 6.07) is 6.91. The van der Waals surface area contributed by atoms with Crippen molar-refractivity contribution in [3.63, 3.8) is 0 Å². The van der Waals surface area contributed by atoms with Crippen molar-refractivity contribution in [1.82, 2.24) is 15.5 Å². The zero-order valence-electron chi connectivity index (χ0n) is 18.5. The van der Waals surface area contributed by atoms with Gasteiger partial charge in [-0.3, -0.25) is 9.89 Å². The van der Waals surface area contributed by atoms with E-state index in [2.05, 4.69) is 52.6 Å². The molecule has 29 heavy (non-hydrogen) atoms. The quantitative estimate of drug-likeness (QED) is 0.215. The van der Waals surface area contributed by atoms with E-state index < -0.39 is 0 Å². The third kappa shape index (κ3) is 9.09. The zero-order chi connectivity index (χ0) is 20.2. The molecule has 0 bridgehead atoms. The Bertz CT molecular complexity index is 612. The number of piperidine rings is 1. The van der Waals surface area contributed by atoms with Crippen LogP contribution in [0.4, 0.5) is 0 Å². The first-order chi connectivity index (χ1) is 13.7. The zero-order valence-corrected chi connectivity index (χ0v) is 20.8. The van der Waals surface area contributed by atoms with Crippen molar-refractivity contribution in [2.45, 2.75) is 52.6 Å². The van der Waals surface area contributed by atoms with E-state index in [1.807, 2.05) is 14.0 Å². The van der Waals surface area contributed by atoms with E-state index in [1.54, 1.807) is 0 Å². The van der Waals surface area contributed by atoms with Gasteiger partial charge < -0.3 is 20.1 Å². The number of aliphatic imine (C=N–C) groups is 1. The lowest BCUT2D eigenvalue weighted by atomic mass is 10.0. The number of likely N-dealkylation sites (N-methyl/N-ethyl adjacent to an activating group) is 1. The van der Waals surface area contributed by atoms with Crippen molar-refractivity contribution in [1.29, 1.82) is 0 Å². The minimum absolute atomic E-state index is 0. The van der Waals surface area contributed by atoms with Crippen LogP contribution in [0.15, 0.2) is 23.2 Å². The van der Waals surface area contributed by atoms with Crippen LogP contribution in [0.3, 0.4) is 0 Å². The second-order valence-electron chi connectivity index (χ2n) is 7.24. The Hall–Kier alpha value is -1.06. The first-order valence-corrected chi connectivity index (χ1v) is 10.7. The third-order valence-corrected chi connectivity index (χ3v) is 5.24. The summed E-state index contributed by atoms with van der Waals surface area (Å²) in [4.78, 5) is 6.95. The van der Waals surface area contributed by atoms with Crippen LogP contribution in [0.2, 0.25) is 0 Å². The summed E-state index contributed by atoms with van der Waals surface area (Å²) in [6.45, 7) is 12.1. The Morgan fingerprint density at radius 2 is 2.03 bits per heavy atom. The molecule has 1 aromatic rings. The maximum Gasteiger partial charge on any atom is 0.191 e. The minimum atomic E-state index is 0. The molecule has 1 aliphatic heterocycles. The van der Waals surface area contributed by atoms with Crippen molar-refractivity contribution in [3.8, 4) is 5.75 Å². The molecular weight excluding hydrogens is 479 g/mol. The molecule has 0 aromatic heterocycles. The van der Waals surface area contributed by atoms with Crippen LogP contribution in [-0.2, 0) is 11.3 Å². The highest BCUT2D eigenvalue weighted by atomic mass is 127. The predicted molar refractivity (Wildman–Crippen MR) is 132 cm³/mol. The van der Waals surface area contributed by atoms with Gasteiger partial charge in [0, 0.05) is 38.3 Å². The SMILES string of the molecule is CCOCCOc1cc(C)ccc1CNC(=NC)NCC1CCCCN1CC.I. The first kappa shape index (κ1) is 26.0. The van der Waals surface area contributed by atoms with E-state index in [0.717, 1.165) is 30.4 Å². The summed E-state index contributed by atoms with van der Waals surface area (Å²) >= 11 is 0. The molecular formula is C22H39IN4O2. The van der Waals surface area contributed by atoms with Crippen LogP contribution >= 0.6 is 24.0 Å². The molecule has 1 aliphatic rings. The maximum absolute atomic E-state index is 5.94. The lowest BCUT2D eigenvalue weighted by molar-refractivity contribution is 0.110. The number of halogens is 1. The van der Waals surface area contributed by atoms with Gasteiger partial charge >= 0.3 is 0 Å². The molecule has 2 rings (SSSR count). The first-order valence-electron chi connectivity index (χ1n) is 10.7. The molecule has 6 nitrogen and oxygen atoms in total. The monoisotopic (exact) mass is 518 g/mol. The molecule has 166 valence electrons. The van der Waals surface area contributed by atoms with Gasteiger partial charge in [0.15, 0.2) is 5.96 Å². The van der Waals surface area contributed by atoms with Gasteiger partial charge in [-0.25, -0.2) is 0 Å². The van der Waals surface area contributed by atoms with Gasteiger partial charge in [0.2, 0.25) is 0 Å².